The zero-order valence-electron chi connectivity index (χ0n) is 56.3. The van der Waals surface area contributed by atoms with Gasteiger partial charge >= 0.3 is 5.97 Å². The maximum absolute atomic E-state index is 14.9. The minimum atomic E-state index is -1.34. The summed E-state index contributed by atoms with van der Waals surface area (Å²) in [7, 11) is 0. The maximum Gasteiger partial charge on any atom is 0.326 e. The molecule has 2 heterocycles. The molecular weight excluding hydrogens is 1220 g/mol. The average Bonchev–Trinajstić information content (AvgIpc) is 1.81. The Bertz CT molecular complexity index is 3040. The molecule has 95 heavy (non-hydrogen) atoms. The number of carbonyl (C=O) groups is 11. The van der Waals surface area contributed by atoms with Crippen molar-refractivity contribution in [1.82, 2.24) is 52.3 Å². The largest absolute Gasteiger partial charge is 0.508 e. The van der Waals surface area contributed by atoms with Gasteiger partial charge in [-0.15, -0.1) is 0 Å². The van der Waals surface area contributed by atoms with Crippen LogP contribution in [0.1, 0.15) is 136 Å². The number of benzene rings is 3. The second kappa shape index (κ2) is 38.2. The number of nitrogens with one attached hydrogen (secondary N) is 8. The van der Waals surface area contributed by atoms with Crippen molar-refractivity contribution in [3.05, 3.63) is 102 Å². The van der Waals surface area contributed by atoms with Crippen LogP contribution in [0, 0.1) is 23.7 Å². The lowest BCUT2D eigenvalue weighted by molar-refractivity contribution is -0.149. The van der Waals surface area contributed by atoms with Crippen molar-refractivity contribution in [2.45, 2.75) is 205 Å². The molecule has 5 rings (SSSR count). The molecule has 3 aromatic rings. The molecule has 0 radical (unpaired) electrons. The lowest BCUT2D eigenvalue weighted by Gasteiger charge is -2.32. The summed E-state index contributed by atoms with van der Waals surface area (Å²) >= 11 is 0. The fourth-order valence-electron chi connectivity index (χ4n) is 11.7. The summed E-state index contributed by atoms with van der Waals surface area (Å²) in [6.45, 7) is 15.0. The quantitative estimate of drug-likeness (QED) is 0.0390. The van der Waals surface area contributed by atoms with Crippen LogP contribution in [-0.2, 0) is 72.0 Å². The number of hydrogen-bond donors (Lipinski definition) is 13. The van der Waals surface area contributed by atoms with Crippen LogP contribution in [0.4, 0.5) is 0 Å². The third-order valence-corrected chi connectivity index (χ3v) is 17.1. The normalized spacial score (nSPS) is 17.5. The van der Waals surface area contributed by atoms with E-state index in [4.69, 9.17) is 17.2 Å². The molecule has 2 fully saturated rings. The van der Waals surface area contributed by atoms with Gasteiger partial charge in [0, 0.05) is 32.4 Å². The highest BCUT2D eigenvalue weighted by molar-refractivity contribution is 5.99. The molecule has 2 aliphatic heterocycles. The highest BCUT2D eigenvalue weighted by Crippen LogP contribution is 2.24. The van der Waals surface area contributed by atoms with Crippen LogP contribution in [-0.4, -0.2) is 178 Å². The maximum atomic E-state index is 14.9. The van der Waals surface area contributed by atoms with Crippen molar-refractivity contribution in [2.75, 3.05) is 26.2 Å². The molecular formula is C69H103N13O13. The first-order valence-electron chi connectivity index (χ1n) is 33.4. The van der Waals surface area contributed by atoms with E-state index in [9.17, 15) is 63.0 Å². The molecule has 2 aliphatic rings. The molecule has 16 N–H and O–H groups in total. The first kappa shape index (κ1) is 77.2. The number of nitrogens with two attached hydrogens (primary N) is 3. The number of likely N-dealkylation sites (tertiary alicyclic amines) is 2. The number of nitrogens with zero attached hydrogens (tertiary/aromatic N) is 2. The van der Waals surface area contributed by atoms with Gasteiger partial charge in [-0.25, -0.2) is 4.79 Å². The molecule has 0 saturated carbocycles. The van der Waals surface area contributed by atoms with Gasteiger partial charge in [0.05, 0.1) is 6.04 Å². The number of phenolic OH excluding ortho intramolecular Hbond substituents is 1. The van der Waals surface area contributed by atoms with E-state index in [-0.39, 0.29) is 114 Å². The van der Waals surface area contributed by atoms with Gasteiger partial charge in [0.2, 0.25) is 59.1 Å². The summed E-state index contributed by atoms with van der Waals surface area (Å²) in [6.07, 6.45) is 2.17. The predicted molar refractivity (Wildman–Crippen MR) is 358 cm³/mol. The smallest absolute Gasteiger partial charge is 0.326 e. The van der Waals surface area contributed by atoms with Gasteiger partial charge in [-0.2, -0.15) is 0 Å². The Balaban J connectivity index is 1.35. The lowest BCUT2D eigenvalue weighted by atomic mass is 9.99. The van der Waals surface area contributed by atoms with Crippen molar-refractivity contribution < 1.29 is 63.0 Å². The summed E-state index contributed by atoms with van der Waals surface area (Å²) in [4.78, 5) is 159. The molecule has 0 spiro atoms. The topological polar surface area (TPSA) is 409 Å². The van der Waals surface area contributed by atoms with Crippen LogP contribution in [0.2, 0.25) is 0 Å². The van der Waals surface area contributed by atoms with Gasteiger partial charge in [0.1, 0.15) is 66.2 Å². The van der Waals surface area contributed by atoms with Gasteiger partial charge in [-0.05, 0) is 130 Å². The number of aromatic hydroxyl groups is 1. The molecule has 0 aliphatic carbocycles. The number of carbonyl (C=O) groups excluding carboxylic acids is 10. The Hall–Kier alpha value is -8.49. The highest BCUT2D eigenvalue weighted by Gasteiger charge is 2.43. The minimum Gasteiger partial charge on any atom is -0.508 e. The lowest BCUT2D eigenvalue weighted by Crippen LogP contribution is -2.61. The fourth-order valence-corrected chi connectivity index (χ4v) is 11.7. The number of aliphatic carboxylic acids is 1. The van der Waals surface area contributed by atoms with Gasteiger partial charge < -0.3 is 79.7 Å². The second-order valence-electron chi connectivity index (χ2n) is 26.5. The third-order valence-electron chi connectivity index (χ3n) is 17.1. The SMILES string of the molecule is CC(C)C[C@H](NC(=O)[C@H](CCCN)NC(=O)[C@@H](NC(=O)[C@@H]1CCCN1C(=O)[C@@H](Cc1ccccc1)NC(=O)[C@H](CC(C)C)NC(=O)[C@H](CCCN)NC(=O)[C@@H](N)C(C)C)C(C)C)C(=O)N[C@H](Cc1ccccc1)C(=O)N[C@H](Cc1ccc(O)cc1)C(=O)N1CCC[C@H]1C(=O)O. The number of rotatable bonds is 37. The molecule has 0 bridgehead atoms. The van der Waals surface area contributed by atoms with E-state index in [1.807, 2.05) is 27.7 Å². The molecule has 0 unspecified atom stereocenters. The van der Waals surface area contributed by atoms with Crippen LogP contribution >= 0.6 is 0 Å². The minimum absolute atomic E-state index is 0.00981. The Morgan fingerprint density at radius 3 is 1.24 bits per heavy atom. The van der Waals surface area contributed by atoms with Crippen molar-refractivity contribution in [2.24, 2.45) is 40.9 Å². The molecule has 522 valence electrons. The Kier molecular flexibility index (Phi) is 31.0. The summed E-state index contributed by atoms with van der Waals surface area (Å²) < 4.78 is 0. The predicted octanol–water partition coefficient (Wildman–Crippen LogP) is 1.57. The molecule has 26 nitrogen and oxygen atoms in total. The summed E-state index contributed by atoms with van der Waals surface area (Å²) in [5.41, 5.74) is 19.7. The number of hydrogen-bond acceptors (Lipinski definition) is 15. The molecule has 2 saturated heterocycles. The van der Waals surface area contributed by atoms with E-state index in [0.29, 0.717) is 36.0 Å². The zero-order chi connectivity index (χ0) is 70.1. The Labute approximate surface area is 557 Å². The monoisotopic (exact) mass is 1320 g/mol. The van der Waals surface area contributed by atoms with E-state index in [0.717, 1.165) is 0 Å². The van der Waals surface area contributed by atoms with E-state index < -0.39 is 137 Å². The summed E-state index contributed by atoms with van der Waals surface area (Å²) in [6, 6.07) is 10.7. The van der Waals surface area contributed by atoms with Gasteiger partial charge in [-0.1, -0.05) is 128 Å². The van der Waals surface area contributed by atoms with Crippen LogP contribution in [0.15, 0.2) is 84.9 Å². The second-order valence-corrected chi connectivity index (χ2v) is 26.5. The Morgan fingerprint density at radius 1 is 0.453 bits per heavy atom. The number of carboxylic acids is 1. The Morgan fingerprint density at radius 2 is 0.821 bits per heavy atom. The molecule has 11 atom stereocenters. The first-order chi connectivity index (χ1) is 45.1. The van der Waals surface area contributed by atoms with E-state index in [2.05, 4.69) is 42.5 Å². The van der Waals surface area contributed by atoms with E-state index in [1.165, 1.54) is 21.9 Å². The fraction of sp³-hybridized carbons (Fsp3) is 0.580. The van der Waals surface area contributed by atoms with Gasteiger partial charge in [0.15, 0.2) is 0 Å². The molecule has 0 aromatic heterocycles. The number of carboxylic acid groups (broad SMARTS) is 1. The average molecular weight is 1320 g/mol. The van der Waals surface area contributed by atoms with Crippen LogP contribution in [0.3, 0.4) is 0 Å². The van der Waals surface area contributed by atoms with Crippen LogP contribution < -0.4 is 59.7 Å². The standard InChI is InChI=1S/C69H103N13O13/c1-40(2)35-50(61(86)77-52(37-44-19-11-9-12-20-44)63(88)79-54(39-46-27-29-47(83)30-28-46)68(93)82-34-18-26-56(82)69(94)95)75-60(85)49(24-16-32-71)74-66(91)58(43(7)8)80-64(89)55-25-17-33-81(55)67(92)53(38-45-21-13-10-14-22-45)78-62(87)51(36-41(3)4)76-59(84)48(23-15-31-70)73-65(90)57(72)42(5)6/h9-14,19-22,27-30,40-43,48-58,83H,15-18,23-26,31-39,70-72H2,1-8H3,(H,73,90)(H,74,91)(H,75,85)(H,76,84)(H,77,86)(H,78,87)(H,79,88)(H,80,89)(H,94,95)/t48-,49-,50-,51-,52+,53+,54+,55-,56-,57-,58-/m0/s1. The third kappa shape index (κ3) is 24.0. The van der Waals surface area contributed by atoms with Crippen molar-refractivity contribution in [1.29, 1.82) is 0 Å². The van der Waals surface area contributed by atoms with Crippen molar-refractivity contribution in [3.63, 3.8) is 0 Å². The van der Waals surface area contributed by atoms with E-state index >= 15 is 0 Å². The van der Waals surface area contributed by atoms with Gasteiger partial charge in [-0.3, -0.25) is 47.9 Å². The van der Waals surface area contributed by atoms with E-state index in [1.54, 1.807) is 100 Å². The molecule has 10 amide bonds. The van der Waals surface area contributed by atoms with Crippen molar-refractivity contribution in [3.8, 4) is 5.75 Å². The first-order valence-corrected chi connectivity index (χ1v) is 33.4. The highest BCUT2D eigenvalue weighted by atomic mass is 16.4. The van der Waals surface area contributed by atoms with Crippen LogP contribution in [0.5, 0.6) is 5.75 Å². The molecule has 26 heteroatoms. The molecule has 3 aromatic carbocycles. The summed E-state index contributed by atoms with van der Waals surface area (Å²) in [5, 5.41) is 42.4. The van der Waals surface area contributed by atoms with Gasteiger partial charge in [0.25, 0.3) is 0 Å². The summed E-state index contributed by atoms with van der Waals surface area (Å²) in [5.74, 6) is -9.10. The number of amides is 10. The van der Waals surface area contributed by atoms with Crippen molar-refractivity contribution >= 4 is 65.0 Å². The number of phenols is 1. The van der Waals surface area contributed by atoms with Crippen LogP contribution in [0.25, 0.3) is 0 Å². The zero-order valence-corrected chi connectivity index (χ0v) is 56.3.